The Bertz CT molecular complexity index is 1030. The molecule has 0 radical (unpaired) electrons. The molecule has 148 valence electrons. The number of oxazole rings is 1. The second-order valence-electron chi connectivity index (χ2n) is 7.98. The van der Waals surface area contributed by atoms with E-state index in [1.165, 1.54) is 0 Å². The number of hydrogen-bond donors (Lipinski definition) is 0. The van der Waals surface area contributed by atoms with E-state index in [0.29, 0.717) is 24.2 Å². The van der Waals surface area contributed by atoms with Gasteiger partial charge in [-0.1, -0.05) is 11.6 Å². The molecule has 0 atom stereocenters. The molecule has 1 saturated heterocycles. The van der Waals surface area contributed by atoms with Crippen LogP contribution in [0.5, 0.6) is 0 Å². The highest BCUT2D eigenvalue weighted by atomic mass is 35.5. The van der Waals surface area contributed by atoms with Crippen LogP contribution in [0.2, 0.25) is 5.02 Å². The normalized spacial score (nSPS) is 15.7. The SMILES string of the molecule is Cc1cc(C(=O)N2CCC(c3nc4cc(Cl)ccc4o3)CC2)c(C)n1C(C)C. The van der Waals surface area contributed by atoms with Crippen LogP contribution < -0.4 is 0 Å². The van der Waals surface area contributed by atoms with Gasteiger partial charge in [-0.2, -0.15) is 0 Å². The minimum absolute atomic E-state index is 0.128. The van der Waals surface area contributed by atoms with Crippen molar-refractivity contribution in [2.24, 2.45) is 0 Å². The monoisotopic (exact) mass is 399 g/mol. The van der Waals surface area contributed by atoms with Crippen molar-refractivity contribution in [1.82, 2.24) is 14.5 Å². The first kappa shape index (κ1) is 19.1. The maximum Gasteiger partial charge on any atom is 0.255 e. The summed E-state index contributed by atoms with van der Waals surface area (Å²) in [5.74, 6) is 1.11. The summed E-state index contributed by atoms with van der Waals surface area (Å²) in [7, 11) is 0. The van der Waals surface area contributed by atoms with Crippen LogP contribution in [0.25, 0.3) is 11.1 Å². The molecule has 0 bridgehead atoms. The Morgan fingerprint density at radius 1 is 1.21 bits per heavy atom. The van der Waals surface area contributed by atoms with Crippen LogP contribution in [0, 0.1) is 13.8 Å². The van der Waals surface area contributed by atoms with Crippen LogP contribution in [0.4, 0.5) is 0 Å². The van der Waals surface area contributed by atoms with Crippen LogP contribution in [0.3, 0.4) is 0 Å². The highest BCUT2D eigenvalue weighted by molar-refractivity contribution is 6.31. The zero-order valence-electron chi connectivity index (χ0n) is 16.8. The summed E-state index contributed by atoms with van der Waals surface area (Å²) in [6, 6.07) is 7.87. The zero-order valence-corrected chi connectivity index (χ0v) is 17.6. The van der Waals surface area contributed by atoms with Gasteiger partial charge >= 0.3 is 0 Å². The standard InChI is InChI=1S/C22H26ClN3O2/c1-13(2)26-14(3)11-18(15(26)4)22(27)25-9-7-16(8-10-25)21-24-19-12-17(23)5-6-20(19)28-21/h5-6,11-13,16H,7-10H2,1-4H3. The van der Waals surface area contributed by atoms with Gasteiger partial charge in [0.1, 0.15) is 5.52 Å². The Kier molecular flexibility index (Phi) is 4.96. The van der Waals surface area contributed by atoms with E-state index in [1.54, 1.807) is 0 Å². The lowest BCUT2D eigenvalue weighted by Crippen LogP contribution is -2.38. The third kappa shape index (κ3) is 3.32. The number of benzene rings is 1. The number of nitrogens with zero attached hydrogens (tertiary/aromatic N) is 3. The number of aromatic nitrogens is 2. The molecule has 1 aliphatic heterocycles. The summed E-state index contributed by atoms with van der Waals surface area (Å²) in [4.78, 5) is 19.7. The Labute approximate surface area is 170 Å². The van der Waals surface area contributed by atoms with Crippen molar-refractivity contribution in [2.45, 2.75) is 52.5 Å². The molecule has 5 nitrogen and oxygen atoms in total. The number of piperidine rings is 1. The predicted octanol–water partition coefficient (Wildman–Crippen LogP) is 5.50. The highest BCUT2D eigenvalue weighted by Crippen LogP contribution is 2.32. The number of halogens is 1. The maximum absolute atomic E-state index is 13.1. The largest absolute Gasteiger partial charge is 0.440 e. The molecular weight excluding hydrogens is 374 g/mol. The van der Waals surface area contributed by atoms with Crippen LogP contribution in [-0.4, -0.2) is 33.4 Å². The fourth-order valence-corrected chi connectivity index (χ4v) is 4.55. The van der Waals surface area contributed by atoms with Gasteiger partial charge in [-0.3, -0.25) is 4.79 Å². The van der Waals surface area contributed by atoms with Gasteiger partial charge in [-0.05, 0) is 64.8 Å². The van der Waals surface area contributed by atoms with Gasteiger partial charge < -0.3 is 13.9 Å². The number of carbonyl (C=O) groups is 1. The van der Waals surface area contributed by atoms with Crippen molar-refractivity contribution >= 4 is 28.6 Å². The first-order valence-electron chi connectivity index (χ1n) is 9.89. The van der Waals surface area contributed by atoms with Crippen molar-refractivity contribution < 1.29 is 9.21 Å². The molecule has 0 N–H and O–H groups in total. The molecule has 1 amide bonds. The van der Waals surface area contributed by atoms with Crippen LogP contribution in [0.15, 0.2) is 28.7 Å². The van der Waals surface area contributed by atoms with Crippen molar-refractivity contribution in [3.63, 3.8) is 0 Å². The molecule has 28 heavy (non-hydrogen) atoms. The topological polar surface area (TPSA) is 51.3 Å². The molecule has 6 heteroatoms. The van der Waals surface area contributed by atoms with E-state index in [0.717, 1.165) is 46.8 Å². The molecular formula is C22H26ClN3O2. The first-order chi connectivity index (χ1) is 13.3. The molecule has 1 aliphatic rings. The lowest BCUT2D eigenvalue weighted by Gasteiger charge is -2.30. The smallest absolute Gasteiger partial charge is 0.255 e. The first-order valence-corrected chi connectivity index (χ1v) is 10.3. The van der Waals surface area contributed by atoms with Gasteiger partial charge in [0.15, 0.2) is 11.5 Å². The number of carbonyl (C=O) groups excluding carboxylic acids is 1. The number of likely N-dealkylation sites (tertiary alicyclic amines) is 1. The fraction of sp³-hybridized carbons (Fsp3) is 0.455. The second-order valence-corrected chi connectivity index (χ2v) is 8.42. The quantitative estimate of drug-likeness (QED) is 0.584. The lowest BCUT2D eigenvalue weighted by atomic mass is 9.96. The fourth-order valence-electron chi connectivity index (χ4n) is 4.38. The summed E-state index contributed by atoms with van der Waals surface area (Å²) in [6.07, 6.45) is 1.71. The van der Waals surface area contributed by atoms with Gasteiger partial charge in [0, 0.05) is 41.5 Å². The Hall–Kier alpha value is -2.27. The minimum atomic E-state index is 0.128. The summed E-state index contributed by atoms with van der Waals surface area (Å²) < 4.78 is 8.16. The maximum atomic E-state index is 13.1. The van der Waals surface area contributed by atoms with E-state index in [4.69, 9.17) is 16.0 Å². The van der Waals surface area contributed by atoms with E-state index in [1.807, 2.05) is 36.1 Å². The molecule has 1 aromatic carbocycles. The molecule has 2 aromatic heterocycles. The molecule has 0 unspecified atom stereocenters. The number of aryl methyl sites for hydroxylation is 1. The van der Waals surface area contributed by atoms with Crippen LogP contribution in [0.1, 0.15) is 66.3 Å². The van der Waals surface area contributed by atoms with Crippen LogP contribution >= 0.6 is 11.6 Å². The van der Waals surface area contributed by atoms with Gasteiger partial charge in [0.25, 0.3) is 5.91 Å². The summed E-state index contributed by atoms with van der Waals surface area (Å²) in [5, 5.41) is 0.659. The molecule has 3 aromatic rings. The average molecular weight is 400 g/mol. The van der Waals surface area contributed by atoms with Crippen molar-refractivity contribution in [1.29, 1.82) is 0 Å². The number of hydrogen-bond acceptors (Lipinski definition) is 3. The predicted molar refractivity (Wildman–Crippen MR) is 111 cm³/mol. The Morgan fingerprint density at radius 3 is 2.57 bits per heavy atom. The average Bonchev–Trinajstić information content (AvgIpc) is 3.21. The molecule has 3 heterocycles. The van der Waals surface area contributed by atoms with Crippen molar-refractivity contribution in [2.75, 3.05) is 13.1 Å². The number of amides is 1. The third-order valence-electron chi connectivity index (χ3n) is 5.73. The molecule has 0 spiro atoms. The van der Waals surface area contributed by atoms with E-state index in [-0.39, 0.29) is 11.8 Å². The van der Waals surface area contributed by atoms with Gasteiger partial charge in [0.05, 0.1) is 5.56 Å². The Morgan fingerprint density at radius 2 is 1.93 bits per heavy atom. The minimum Gasteiger partial charge on any atom is -0.440 e. The summed E-state index contributed by atoms with van der Waals surface area (Å²) in [5.41, 5.74) is 4.56. The lowest BCUT2D eigenvalue weighted by molar-refractivity contribution is 0.0706. The summed E-state index contributed by atoms with van der Waals surface area (Å²) in [6.45, 7) is 9.83. The molecule has 0 saturated carbocycles. The highest BCUT2D eigenvalue weighted by Gasteiger charge is 2.29. The number of rotatable bonds is 3. The zero-order chi connectivity index (χ0) is 20.0. The molecule has 0 aliphatic carbocycles. The second kappa shape index (κ2) is 7.28. The Balaban J connectivity index is 1.47. The summed E-state index contributed by atoms with van der Waals surface area (Å²) >= 11 is 6.04. The van der Waals surface area contributed by atoms with Gasteiger partial charge in [-0.15, -0.1) is 0 Å². The van der Waals surface area contributed by atoms with Crippen molar-refractivity contribution in [3.8, 4) is 0 Å². The van der Waals surface area contributed by atoms with E-state index < -0.39 is 0 Å². The van der Waals surface area contributed by atoms with Gasteiger partial charge in [-0.25, -0.2) is 4.98 Å². The molecule has 4 rings (SSSR count). The number of fused-ring (bicyclic) bond motifs is 1. The van der Waals surface area contributed by atoms with E-state index >= 15 is 0 Å². The van der Waals surface area contributed by atoms with Gasteiger partial charge in [0.2, 0.25) is 0 Å². The van der Waals surface area contributed by atoms with Crippen LogP contribution in [-0.2, 0) is 0 Å². The van der Waals surface area contributed by atoms with E-state index in [2.05, 4.69) is 30.3 Å². The van der Waals surface area contributed by atoms with Crippen molar-refractivity contribution in [3.05, 3.63) is 52.1 Å². The van der Waals surface area contributed by atoms with E-state index in [9.17, 15) is 4.79 Å². The molecule has 1 fully saturated rings. The third-order valence-corrected chi connectivity index (χ3v) is 5.96.